The summed E-state index contributed by atoms with van der Waals surface area (Å²) in [5.74, 6) is 0. The maximum absolute atomic E-state index is 12.0. The van der Waals surface area contributed by atoms with E-state index in [1.807, 2.05) is 12.1 Å². The molecule has 1 heterocycles. The molecule has 1 aromatic heterocycles. The molecule has 1 rings (SSSR count). The van der Waals surface area contributed by atoms with Crippen LogP contribution in [0.5, 0.6) is 0 Å². The van der Waals surface area contributed by atoms with E-state index in [2.05, 4.69) is 10.2 Å². The lowest BCUT2D eigenvalue weighted by molar-refractivity contribution is 0.422. The zero-order chi connectivity index (χ0) is 12.7. The zero-order valence-corrected chi connectivity index (χ0v) is 9.81. The maximum Gasteiger partial charge on any atom is 0.260 e. The number of rotatable bonds is 6. The van der Waals surface area contributed by atoms with Crippen LogP contribution in [0.2, 0.25) is 0 Å². The maximum atomic E-state index is 12.0. The molecule has 1 N–H and O–H groups in total. The number of sulfonamides is 1. The minimum Gasteiger partial charge on any atom is -0.266 e. The lowest BCUT2D eigenvalue weighted by Crippen LogP contribution is -2.33. The lowest BCUT2D eigenvalue weighted by Gasteiger charge is -2.18. The summed E-state index contributed by atoms with van der Waals surface area (Å²) in [7, 11) is -3.69. The molecule has 0 spiro atoms. The Labute approximate surface area is 99.3 Å². The molecule has 0 saturated heterocycles. The van der Waals surface area contributed by atoms with Gasteiger partial charge in [-0.2, -0.15) is 19.9 Å². The molecule has 0 amide bonds. The van der Waals surface area contributed by atoms with Crippen molar-refractivity contribution >= 4 is 10.0 Å². The van der Waals surface area contributed by atoms with Gasteiger partial charge in [0.15, 0.2) is 5.03 Å². The van der Waals surface area contributed by atoms with E-state index in [9.17, 15) is 8.42 Å². The van der Waals surface area contributed by atoms with Crippen LogP contribution in [0.4, 0.5) is 0 Å². The van der Waals surface area contributed by atoms with Gasteiger partial charge in [-0.05, 0) is 6.07 Å². The number of aromatic amines is 1. The summed E-state index contributed by atoms with van der Waals surface area (Å²) >= 11 is 0. The minimum absolute atomic E-state index is 0.0339. The normalized spacial score (nSPS) is 11.0. The van der Waals surface area contributed by atoms with E-state index in [0.29, 0.717) is 0 Å². The molecule has 0 aliphatic heterocycles. The Morgan fingerprint density at radius 1 is 1.29 bits per heavy atom. The summed E-state index contributed by atoms with van der Waals surface area (Å²) in [6, 6.07) is 5.09. The standard InChI is InChI=1S/C9H11N5O2S/c10-4-1-7-14(8-2-5-11)17(15,16)9-3-6-12-13-9/h3,6H,1-2,7-8H2,(H,12,13). The molecule has 0 aliphatic carbocycles. The molecular formula is C9H11N5O2S. The first-order valence-corrected chi connectivity index (χ1v) is 6.30. The molecular weight excluding hydrogens is 242 g/mol. The monoisotopic (exact) mass is 253 g/mol. The van der Waals surface area contributed by atoms with E-state index in [4.69, 9.17) is 10.5 Å². The van der Waals surface area contributed by atoms with Crippen LogP contribution in [0, 0.1) is 22.7 Å². The molecule has 90 valence electrons. The SMILES string of the molecule is N#CCCN(CCC#N)S(=O)(=O)c1ccn[nH]1. The topological polar surface area (TPSA) is 114 Å². The number of aromatic nitrogens is 2. The van der Waals surface area contributed by atoms with Crippen molar-refractivity contribution in [3.63, 3.8) is 0 Å². The van der Waals surface area contributed by atoms with Gasteiger partial charge in [0.25, 0.3) is 10.0 Å². The smallest absolute Gasteiger partial charge is 0.260 e. The number of nitrogens with zero attached hydrogens (tertiary/aromatic N) is 4. The predicted molar refractivity (Wildman–Crippen MR) is 57.8 cm³/mol. The second-order valence-corrected chi connectivity index (χ2v) is 5.05. The van der Waals surface area contributed by atoms with Gasteiger partial charge in [-0.1, -0.05) is 0 Å². The fourth-order valence-electron chi connectivity index (χ4n) is 1.23. The average Bonchev–Trinajstić information content (AvgIpc) is 2.83. The summed E-state index contributed by atoms with van der Waals surface area (Å²) in [5.41, 5.74) is 0. The van der Waals surface area contributed by atoms with E-state index in [-0.39, 0.29) is 31.0 Å². The molecule has 0 bridgehead atoms. The van der Waals surface area contributed by atoms with Crippen molar-refractivity contribution in [3.8, 4) is 12.1 Å². The van der Waals surface area contributed by atoms with Gasteiger partial charge in [0.1, 0.15) is 0 Å². The fourth-order valence-corrected chi connectivity index (χ4v) is 2.57. The molecule has 0 unspecified atom stereocenters. The third-order valence-electron chi connectivity index (χ3n) is 2.04. The highest BCUT2D eigenvalue weighted by molar-refractivity contribution is 7.89. The fraction of sp³-hybridized carbons (Fsp3) is 0.444. The van der Waals surface area contributed by atoms with Crippen molar-refractivity contribution < 1.29 is 8.42 Å². The predicted octanol–water partition coefficient (Wildman–Crippen LogP) is 0.228. The second-order valence-electron chi connectivity index (χ2n) is 3.14. The number of hydrogen-bond donors (Lipinski definition) is 1. The summed E-state index contributed by atoms with van der Waals surface area (Å²) in [6.07, 6.45) is 1.50. The van der Waals surface area contributed by atoms with Crippen LogP contribution < -0.4 is 0 Å². The highest BCUT2D eigenvalue weighted by Gasteiger charge is 2.24. The molecule has 0 aromatic carbocycles. The molecule has 0 fully saturated rings. The molecule has 0 radical (unpaired) electrons. The number of nitriles is 2. The highest BCUT2D eigenvalue weighted by Crippen LogP contribution is 2.12. The van der Waals surface area contributed by atoms with E-state index in [1.54, 1.807) is 0 Å². The molecule has 0 aliphatic rings. The Kier molecular flexibility index (Phi) is 4.64. The van der Waals surface area contributed by atoms with Crippen LogP contribution >= 0.6 is 0 Å². The number of hydrogen-bond acceptors (Lipinski definition) is 5. The average molecular weight is 253 g/mol. The van der Waals surface area contributed by atoms with Crippen LogP contribution in [0.15, 0.2) is 17.3 Å². The molecule has 7 nitrogen and oxygen atoms in total. The molecule has 0 saturated carbocycles. The second kappa shape index (κ2) is 5.99. The Morgan fingerprint density at radius 3 is 2.29 bits per heavy atom. The van der Waals surface area contributed by atoms with Crippen LogP contribution in [-0.2, 0) is 10.0 Å². The van der Waals surface area contributed by atoms with Crippen molar-refractivity contribution in [1.82, 2.24) is 14.5 Å². The van der Waals surface area contributed by atoms with Gasteiger partial charge in [-0.25, -0.2) is 8.42 Å². The first-order valence-electron chi connectivity index (χ1n) is 4.86. The first-order chi connectivity index (χ1) is 8.12. The van der Waals surface area contributed by atoms with Gasteiger partial charge in [0.05, 0.1) is 18.3 Å². The molecule has 0 atom stereocenters. The van der Waals surface area contributed by atoms with Gasteiger partial charge in [-0.15, -0.1) is 0 Å². The van der Waals surface area contributed by atoms with Crippen molar-refractivity contribution in [1.29, 1.82) is 10.5 Å². The third-order valence-corrected chi connectivity index (χ3v) is 3.87. The van der Waals surface area contributed by atoms with Gasteiger partial charge in [-0.3, -0.25) is 5.10 Å². The van der Waals surface area contributed by atoms with Crippen LogP contribution in [-0.4, -0.2) is 36.0 Å². The summed E-state index contributed by atoms with van der Waals surface area (Å²) < 4.78 is 25.2. The van der Waals surface area contributed by atoms with Crippen molar-refractivity contribution in [2.24, 2.45) is 0 Å². The summed E-state index contributed by atoms with van der Waals surface area (Å²) in [4.78, 5) is 0. The minimum atomic E-state index is -3.69. The van der Waals surface area contributed by atoms with Gasteiger partial charge in [0, 0.05) is 25.9 Å². The van der Waals surface area contributed by atoms with E-state index in [1.165, 1.54) is 12.3 Å². The van der Waals surface area contributed by atoms with Gasteiger partial charge >= 0.3 is 0 Å². The summed E-state index contributed by atoms with van der Waals surface area (Å²) in [5, 5.41) is 22.9. The number of H-pyrrole nitrogens is 1. The third kappa shape index (κ3) is 3.28. The molecule has 17 heavy (non-hydrogen) atoms. The van der Waals surface area contributed by atoms with Crippen molar-refractivity contribution in [2.75, 3.05) is 13.1 Å². The quantitative estimate of drug-likeness (QED) is 0.779. The number of nitrogens with one attached hydrogen (secondary N) is 1. The van der Waals surface area contributed by atoms with Crippen LogP contribution in [0.3, 0.4) is 0 Å². The van der Waals surface area contributed by atoms with Crippen molar-refractivity contribution in [3.05, 3.63) is 12.3 Å². The van der Waals surface area contributed by atoms with Crippen molar-refractivity contribution in [2.45, 2.75) is 17.9 Å². The van der Waals surface area contributed by atoms with E-state index < -0.39 is 10.0 Å². The van der Waals surface area contributed by atoms with Gasteiger partial charge in [0.2, 0.25) is 0 Å². The Morgan fingerprint density at radius 2 is 1.88 bits per heavy atom. The Balaban J connectivity index is 2.90. The molecule has 8 heteroatoms. The summed E-state index contributed by atoms with van der Waals surface area (Å²) in [6.45, 7) is 0.138. The Hall–Kier alpha value is -1.90. The van der Waals surface area contributed by atoms with Gasteiger partial charge < -0.3 is 0 Å². The zero-order valence-electron chi connectivity index (χ0n) is 9.00. The molecule has 1 aromatic rings. The highest BCUT2D eigenvalue weighted by atomic mass is 32.2. The van der Waals surface area contributed by atoms with Crippen LogP contribution in [0.25, 0.3) is 0 Å². The lowest BCUT2D eigenvalue weighted by atomic mass is 10.4. The van der Waals surface area contributed by atoms with E-state index in [0.717, 1.165) is 4.31 Å². The Bertz CT molecular complexity index is 505. The first kappa shape index (κ1) is 13.2. The van der Waals surface area contributed by atoms with E-state index >= 15 is 0 Å². The largest absolute Gasteiger partial charge is 0.266 e. The van der Waals surface area contributed by atoms with Crippen LogP contribution in [0.1, 0.15) is 12.8 Å².